The molecule has 0 unspecified atom stereocenters. The van der Waals surface area contributed by atoms with Crippen LogP contribution in [0.15, 0.2) is 61.2 Å². The van der Waals surface area contributed by atoms with Crippen molar-refractivity contribution in [3.05, 3.63) is 77.3 Å². The van der Waals surface area contributed by atoms with Gasteiger partial charge in [0.25, 0.3) is 5.91 Å². The summed E-state index contributed by atoms with van der Waals surface area (Å²) in [5.41, 5.74) is 2.33. The van der Waals surface area contributed by atoms with Gasteiger partial charge in [-0.05, 0) is 35.9 Å². The Bertz CT molecular complexity index is 769. The van der Waals surface area contributed by atoms with Crippen LogP contribution in [0.5, 0.6) is 0 Å². The number of carbonyl (C=O) groups excluding carboxylic acids is 1. The van der Waals surface area contributed by atoms with Crippen molar-refractivity contribution >= 4 is 23.2 Å². The summed E-state index contributed by atoms with van der Waals surface area (Å²) in [5.74, 6) is -0.188. The highest BCUT2D eigenvalue weighted by Gasteiger charge is 2.06. The lowest BCUT2D eigenvalue weighted by molar-refractivity contribution is 0.102. The van der Waals surface area contributed by atoms with E-state index in [2.05, 4.69) is 15.4 Å². The third kappa shape index (κ3) is 3.51. The Morgan fingerprint density at radius 1 is 1.18 bits per heavy atom. The van der Waals surface area contributed by atoms with Crippen molar-refractivity contribution in [3.8, 4) is 0 Å². The Hall–Kier alpha value is -2.66. The molecule has 1 N–H and O–H groups in total. The minimum atomic E-state index is -0.188. The van der Waals surface area contributed by atoms with Gasteiger partial charge in [-0.1, -0.05) is 29.8 Å². The van der Waals surface area contributed by atoms with Crippen molar-refractivity contribution < 1.29 is 4.79 Å². The van der Waals surface area contributed by atoms with Crippen molar-refractivity contribution in [1.82, 2.24) is 14.8 Å². The van der Waals surface area contributed by atoms with Crippen LogP contribution in [0.1, 0.15) is 15.9 Å². The van der Waals surface area contributed by atoms with Gasteiger partial charge >= 0.3 is 0 Å². The zero-order valence-electron chi connectivity index (χ0n) is 11.6. The van der Waals surface area contributed by atoms with Crippen molar-refractivity contribution in [2.24, 2.45) is 0 Å². The third-order valence-corrected chi connectivity index (χ3v) is 3.34. The van der Waals surface area contributed by atoms with Gasteiger partial charge in [-0.2, -0.15) is 5.10 Å². The van der Waals surface area contributed by atoms with Gasteiger partial charge in [0, 0.05) is 16.3 Å². The summed E-state index contributed by atoms with van der Waals surface area (Å²) in [6.45, 7) is 0.641. The van der Waals surface area contributed by atoms with Gasteiger partial charge in [-0.15, -0.1) is 0 Å². The first kappa shape index (κ1) is 14.3. The van der Waals surface area contributed by atoms with E-state index in [0.717, 1.165) is 11.3 Å². The largest absolute Gasteiger partial charge is 0.322 e. The molecular weight excluding hydrogens is 300 g/mol. The fraction of sp³-hybridized carbons (Fsp3) is 0.0625. The van der Waals surface area contributed by atoms with Crippen molar-refractivity contribution in [2.45, 2.75) is 6.54 Å². The number of rotatable bonds is 4. The highest BCUT2D eigenvalue weighted by atomic mass is 35.5. The second-order valence-electron chi connectivity index (χ2n) is 4.75. The number of aromatic nitrogens is 3. The molecule has 1 aromatic heterocycles. The molecule has 3 aromatic rings. The first-order valence-corrected chi connectivity index (χ1v) is 7.07. The molecule has 0 fully saturated rings. The smallest absolute Gasteiger partial charge is 0.255 e. The summed E-state index contributed by atoms with van der Waals surface area (Å²) in [6, 6.07) is 14.4. The highest BCUT2D eigenvalue weighted by molar-refractivity contribution is 6.31. The van der Waals surface area contributed by atoms with E-state index in [0.29, 0.717) is 17.1 Å². The predicted molar refractivity (Wildman–Crippen MR) is 85.0 cm³/mol. The SMILES string of the molecule is O=C(Nc1ccc(Cn2cncn2)cc1)c1cccc(Cl)c1. The fourth-order valence-electron chi connectivity index (χ4n) is 2.03. The average Bonchev–Trinajstić information content (AvgIpc) is 3.02. The number of hydrogen-bond acceptors (Lipinski definition) is 3. The zero-order valence-corrected chi connectivity index (χ0v) is 12.4. The van der Waals surface area contributed by atoms with Crippen LogP contribution >= 0.6 is 11.6 Å². The van der Waals surface area contributed by atoms with Gasteiger partial charge in [0.05, 0.1) is 6.54 Å². The minimum absolute atomic E-state index is 0.188. The summed E-state index contributed by atoms with van der Waals surface area (Å²) in [6.07, 6.45) is 3.16. The molecule has 1 amide bonds. The Balaban J connectivity index is 1.67. The molecular formula is C16H13ClN4O. The normalized spacial score (nSPS) is 10.4. The number of benzene rings is 2. The number of amides is 1. The van der Waals surface area contributed by atoms with Gasteiger partial charge in [0.15, 0.2) is 0 Å². The van der Waals surface area contributed by atoms with Crippen LogP contribution in [0.4, 0.5) is 5.69 Å². The zero-order chi connectivity index (χ0) is 15.4. The molecule has 0 bridgehead atoms. The summed E-state index contributed by atoms with van der Waals surface area (Å²) < 4.78 is 1.74. The molecule has 0 saturated heterocycles. The maximum atomic E-state index is 12.1. The second kappa shape index (κ2) is 6.41. The molecule has 1 heterocycles. The molecule has 0 aliphatic carbocycles. The Morgan fingerprint density at radius 3 is 2.68 bits per heavy atom. The number of halogens is 1. The Labute approximate surface area is 132 Å². The lowest BCUT2D eigenvalue weighted by atomic mass is 10.2. The monoisotopic (exact) mass is 312 g/mol. The fourth-order valence-corrected chi connectivity index (χ4v) is 2.22. The van der Waals surface area contributed by atoms with E-state index in [1.807, 2.05) is 24.3 Å². The average molecular weight is 313 g/mol. The molecule has 0 radical (unpaired) electrons. The molecule has 6 heteroatoms. The molecule has 0 atom stereocenters. The minimum Gasteiger partial charge on any atom is -0.322 e. The molecule has 0 aliphatic heterocycles. The van der Waals surface area contributed by atoms with Crippen LogP contribution in [0.25, 0.3) is 0 Å². The van der Waals surface area contributed by atoms with E-state index < -0.39 is 0 Å². The third-order valence-electron chi connectivity index (χ3n) is 3.11. The number of anilines is 1. The van der Waals surface area contributed by atoms with Crippen LogP contribution in [0.3, 0.4) is 0 Å². The van der Waals surface area contributed by atoms with Gasteiger partial charge in [-0.3, -0.25) is 4.79 Å². The molecule has 2 aromatic carbocycles. The van der Waals surface area contributed by atoms with E-state index in [1.165, 1.54) is 6.33 Å². The number of hydrogen-bond donors (Lipinski definition) is 1. The molecule has 22 heavy (non-hydrogen) atoms. The van der Waals surface area contributed by atoms with Crippen LogP contribution in [-0.4, -0.2) is 20.7 Å². The van der Waals surface area contributed by atoms with E-state index in [1.54, 1.807) is 35.3 Å². The molecule has 110 valence electrons. The molecule has 0 spiro atoms. The Kier molecular flexibility index (Phi) is 4.16. The van der Waals surface area contributed by atoms with Gasteiger partial charge in [0.2, 0.25) is 0 Å². The quantitative estimate of drug-likeness (QED) is 0.804. The molecule has 0 saturated carbocycles. The molecule has 3 rings (SSSR count). The highest BCUT2D eigenvalue weighted by Crippen LogP contribution is 2.14. The van der Waals surface area contributed by atoms with Gasteiger partial charge < -0.3 is 5.32 Å². The number of nitrogens with one attached hydrogen (secondary N) is 1. The van der Waals surface area contributed by atoms with Crippen LogP contribution in [0.2, 0.25) is 5.02 Å². The summed E-state index contributed by atoms with van der Waals surface area (Å²) in [7, 11) is 0. The maximum Gasteiger partial charge on any atom is 0.255 e. The second-order valence-corrected chi connectivity index (χ2v) is 5.19. The number of carbonyl (C=O) groups is 1. The van der Waals surface area contributed by atoms with Crippen LogP contribution < -0.4 is 5.32 Å². The first-order chi connectivity index (χ1) is 10.7. The molecule has 0 aliphatic rings. The van der Waals surface area contributed by atoms with E-state index in [4.69, 9.17) is 11.6 Å². The predicted octanol–water partition coefficient (Wildman–Crippen LogP) is 3.23. The van der Waals surface area contributed by atoms with Crippen molar-refractivity contribution in [3.63, 3.8) is 0 Å². The van der Waals surface area contributed by atoms with E-state index in [-0.39, 0.29) is 5.91 Å². The standard InChI is InChI=1S/C16H13ClN4O/c17-14-3-1-2-13(8-14)16(22)20-15-6-4-12(5-7-15)9-21-11-18-10-19-21/h1-8,10-11H,9H2,(H,20,22). The number of nitrogens with zero attached hydrogens (tertiary/aromatic N) is 3. The van der Waals surface area contributed by atoms with Crippen LogP contribution in [0, 0.1) is 0 Å². The van der Waals surface area contributed by atoms with Crippen molar-refractivity contribution in [1.29, 1.82) is 0 Å². The van der Waals surface area contributed by atoms with Gasteiger partial charge in [-0.25, -0.2) is 9.67 Å². The lowest BCUT2D eigenvalue weighted by Gasteiger charge is -2.07. The van der Waals surface area contributed by atoms with Gasteiger partial charge in [0.1, 0.15) is 12.7 Å². The topological polar surface area (TPSA) is 59.8 Å². The van der Waals surface area contributed by atoms with E-state index >= 15 is 0 Å². The summed E-state index contributed by atoms with van der Waals surface area (Å²) in [5, 5.41) is 7.43. The first-order valence-electron chi connectivity index (χ1n) is 6.69. The summed E-state index contributed by atoms with van der Waals surface area (Å²) in [4.78, 5) is 16.0. The van der Waals surface area contributed by atoms with Crippen molar-refractivity contribution in [2.75, 3.05) is 5.32 Å². The van der Waals surface area contributed by atoms with E-state index in [9.17, 15) is 4.79 Å². The maximum absolute atomic E-state index is 12.1. The van der Waals surface area contributed by atoms with Crippen LogP contribution in [-0.2, 0) is 6.54 Å². The molecule has 5 nitrogen and oxygen atoms in total. The Morgan fingerprint density at radius 2 is 2.00 bits per heavy atom. The summed E-state index contributed by atoms with van der Waals surface area (Å²) >= 11 is 5.89. The lowest BCUT2D eigenvalue weighted by Crippen LogP contribution is -2.11.